The highest BCUT2D eigenvalue weighted by atomic mass is 16.2. The highest BCUT2D eigenvalue weighted by Gasteiger charge is 2.40. The van der Waals surface area contributed by atoms with Crippen molar-refractivity contribution in [3.8, 4) is 0 Å². The Hall–Kier alpha value is -1.88. The van der Waals surface area contributed by atoms with Crippen LogP contribution in [0.5, 0.6) is 0 Å². The second-order valence-electron chi connectivity index (χ2n) is 7.56. The van der Waals surface area contributed by atoms with E-state index in [9.17, 15) is 9.59 Å². The zero-order chi connectivity index (χ0) is 17.8. The van der Waals surface area contributed by atoms with Crippen molar-refractivity contribution in [1.82, 2.24) is 0 Å². The van der Waals surface area contributed by atoms with E-state index in [2.05, 4.69) is 10.6 Å². The van der Waals surface area contributed by atoms with Gasteiger partial charge < -0.3 is 16.4 Å². The number of rotatable bonds is 5. The highest BCUT2D eigenvalue weighted by molar-refractivity contribution is 5.95. The molecule has 2 atom stereocenters. The van der Waals surface area contributed by atoms with Crippen molar-refractivity contribution in [3.05, 3.63) is 24.3 Å². The lowest BCUT2D eigenvalue weighted by Crippen LogP contribution is -2.48. The summed E-state index contributed by atoms with van der Waals surface area (Å²) in [5, 5.41) is 5.90. The second-order valence-corrected chi connectivity index (χ2v) is 7.56. The lowest BCUT2D eigenvalue weighted by molar-refractivity contribution is -0.122. The third-order valence-electron chi connectivity index (χ3n) is 5.67. The van der Waals surface area contributed by atoms with Gasteiger partial charge in [-0.15, -0.1) is 0 Å². The smallest absolute Gasteiger partial charge is 0.227 e. The van der Waals surface area contributed by atoms with Crippen LogP contribution in [0.2, 0.25) is 0 Å². The van der Waals surface area contributed by atoms with Crippen LogP contribution in [0.4, 0.5) is 11.4 Å². The van der Waals surface area contributed by atoms with E-state index in [1.807, 2.05) is 31.2 Å². The minimum atomic E-state index is 0.0000647. The first-order chi connectivity index (χ1) is 12.1. The van der Waals surface area contributed by atoms with E-state index in [1.54, 1.807) is 0 Å². The standard InChI is InChI=1S/C20H29N3O2/c1-2-5-18(24)22-16-8-4-9-17(12-16)23-20(25)15-10-13-6-3-7-14(11-15)19(13)21/h4,8-9,12-15,19H,2-3,5-7,10-11,21H2,1H3,(H,22,24)(H,23,25). The SMILES string of the molecule is CCCC(=O)Nc1cccc(NC(=O)C2CC3CCCC(C2)C3N)c1. The van der Waals surface area contributed by atoms with E-state index >= 15 is 0 Å². The molecule has 2 aliphatic rings. The van der Waals surface area contributed by atoms with Crippen LogP contribution in [0.1, 0.15) is 51.9 Å². The maximum atomic E-state index is 12.7. The number of nitrogens with two attached hydrogens (primary N) is 1. The quantitative estimate of drug-likeness (QED) is 0.765. The molecule has 5 nitrogen and oxygen atoms in total. The number of amides is 2. The average molecular weight is 343 g/mol. The minimum absolute atomic E-state index is 0.0000647. The lowest BCUT2D eigenvalue weighted by atomic mass is 9.65. The predicted octanol–water partition coefficient (Wildman–Crippen LogP) is 3.52. The Morgan fingerprint density at radius 2 is 1.76 bits per heavy atom. The van der Waals surface area contributed by atoms with Crippen LogP contribution in [0.3, 0.4) is 0 Å². The number of fused-ring (bicyclic) bond motifs is 2. The number of hydrogen-bond donors (Lipinski definition) is 3. The molecule has 2 fully saturated rings. The van der Waals surface area contributed by atoms with Gasteiger partial charge in [-0.2, -0.15) is 0 Å². The third-order valence-corrected chi connectivity index (χ3v) is 5.67. The Kier molecular flexibility index (Phi) is 5.74. The van der Waals surface area contributed by atoms with Gasteiger partial charge in [0, 0.05) is 29.8 Å². The van der Waals surface area contributed by atoms with Crippen LogP contribution >= 0.6 is 0 Å². The van der Waals surface area contributed by atoms with Crippen molar-refractivity contribution >= 4 is 23.2 Å². The Morgan fingerprint density at radius 1 is 1.12 bits per heavy atom. The molecule has 0 saturated heterocycles. The van der Waals surface area contributed by atoms with Gasteiger partial charge in [-0.1, -0.05) is 19.4 Å². The fourth-order valence-electron chi connectivity index (χ4n) is 4.37. The average Bonchev–Trinajstić information content (AvgIpc) is 2.55. The molecule has 3 rings (SSSR count). The fourth-order valence-corrected chi connectivity index (χ4v) is 4.37. The maximum absolute atomic E-state index is 12.7. The molecule has 2 bridgehead atoms. The summed E-state index contributed by atoms with van der Waals surface area (Å²) in [6, 6.07) is 7.65. The Morgan fingerprint density at radius 3 is 2.40 bits per heavy atom. The van der Waals surface area contributed by atoms with Gasteiger partial charge in [0.25, 0.3) is 0 Å². The minimum Gasteiger partial charge on any atom is -0.327 e. The van der Waals surface area contributed by atoms with Crippen molar-refractivity contribution in [2.75, 3.05) is 10.6 Å². The molecule has 0 heterocycles. The second kappa shape index (κ2) is 8.00. The van der Waals surface area contributed by atoms with E-state index in [1.165, 1.54) is 6.42 Å². The summed E-state index contributed by atoms with van der Waals surface area (Å²) >= 11 is 0. The van der Waals surface area contributed by atoms with Gasteiger partial charge in [0.2, 0.25) is 11.8 Å². The van der Waals surface area contributed by atoms with Gasteiger partial charge in [-0.25, -0.2) is 0 Å². The molecule has 25 heavy (non-hydrogen) atoms. The van der Waals surface area contributed by atoms with Gasteiger partial charge in [0.1, 0.15) is 0 Å². The molecule has 5 heteroatoms. The fraction of sp³-hybridized carbons (Fsp3) is 0.600. The molecule has 1 aromatic rings. The van der Waals surface area contributed by atoms with Crippen molar-refractivity contribution in [3.63, 3.8) is 0 Å². The molecule has 0 radical (unpaired) electrons. The molecular weight excluding hydrogens is 314 g/mol. The molecule has 0 aliphatic heterocycles. The summed E-state index contributed by atoms with van der Waals surface area (Å²) in [4.78, 5) is 24.4. The first-order valence-electron chi connectivity index (χ1n) is 9.53. The number of hydrogen-bond acceptors (Lipinski definition) is 3. The van der Waals surface area contributed by atoms with Crippen LogP contribution in [0.15, 0.2) is 24.3 Å². The van der Waals surface area contributed by atoms with Crippen molar-refractivity contribution in [2.45, 2.75) is 57.9 Å². The molecule has 2 amide bonds. The highest BCUT2D eigenvalue weighted by Crippen LogP contribution is 2.42. The molecule has 2 unspecified atom stereocenters. The van der Waals surface area contributed by atoms with Crippen LogP contribution in [-0.2, 0) is 9.59 Å². The monoisotopic (exact) mass is 343 g/mol. The van der Waals surface area contributed by atoms with Gasteiger partial charge >= 0.3 is 0 Å². The molecule has 2 saturated carbocycles. The van der Waals surface area contributed by atoms with Crippen LogP contribution in [0, 0.1) is 17.8 Å². The third kappa shape index (κ3) is 4.40. The summed E-state index contributed by atoms with van der Waals surface area (Å²) in [5.41, 5.74) is 7.77. The summed E-state index contributed by atoms with van der Waals surface area (Å²) in [5.74, 6) is 1.11. The normalized spacial score (nSPS) is 28.2. The largest absolute Gasteiger partial charge is 0.327 e. The predicted molar refractivity (Wildman–Crippen MR) is 100 cm³/mol. The summed E-state index contributed by atoms with van der Waals surface area (Å²) in [6.07, 6.45) is 6.67. The number of nitrogens with one attached hydrogen (secondary N) is 2. The van der Waals surface area contributed by atoms with Gasteiger partial charge in [-0.3, -0.25) is 9.59 Å². The molecule has 2 aliphatic carbocycles. The Labute approximate surface area is 149 Å². The molecule has 4 N–H and O–H groups in total. The first-order valence-corrected chi connectivity index (χ1v) is 9.53. The summed E-state index contributed by atoms with van der Waals surface area (Å²) < 4.78 is 0. The van der Waals surface area contributed by atoms with Crippen molar-refractivity contribution in [1.29, 1.82) is 0 Å². The maximum Gasteiger partial charge on any atom is 0.227 e. The molecular formula is C20H29N3O2. The number of carbonyl (C=O) groups excluding carboxylic acids is 2. The van der Waals surface area contributed by atoms with E-state index in [0.29, 0.717) is 18.3 Å². The van der Waals surface area contributed by atoms with Crippen LogP contribution in [-0.4, -0.2) is 17.9 Å². The molecule has 0 spiro atoms. The summed E-state index contributed by atoms with van der Waals surface area (Å²) in [6.45, 7) is 1.97. The van der Waals surface area contributed by atoms with E-state index < -0.39 is 0 Å². The van der Waals surface area contributed by atoms with Crippen molar-refractivity contribution in [2.24, 2.45) is 23.5 Å². The Bertz CT molecular complexity index is 617. The molecule has 1 aromatic carbocycles. The number of anilines is 2. The van der Waals surface area contributed by atoms with Crippen molar-refractivity contribution < 1.29 is 9.59 Å². The van der Waals surface area contributed by atoms with Gasteiger partial charge in [-0.05, 0) is 62.1 Å². The Balaban J connectivity index is 1.60. The van der Waals surface area contributed by atoms with E-state index in [-0.39, 0.29) is 23.8 Å². The van der Waals surface area contributed by atoms with Gasteiger partial charge in [0.05, 0.1) is 0 Å². The topological polar surface area (TPSA) is 84.2 Å². The van der Waals surface area contributed by atoms with E-state index in [0.717, 1.165) is 43.5 Å². The van der Waals surface area contributed by atoms with Crippen LogP contribution < -0.4 is 16.4 Å². The van der Waals surface area contributed by atoms with Crippen LogP contribution in [0.25, 0.3) is 0 Å². The lowest BCUT2D eigenvalue weighted by Gasteiger charge is -2.43. The van der Waals surface area contributed by atoms with Gasteiger partial charge in [0.15, 0.2) is 0 Å². The molecule has 136 valence electrons. The summed E-state index contributed by atoms with van der Waals surface area (Å²) in [7, 11) is 0. The number of carbonyl (C=O) groups is 2. The van der Waals surface area contributed by atoms with E-state index in [4.69, 9.17) is 5.73 Å². The first kappa shape index (κ1) is 17.9. The molecule has 0 aromatic heterocycles. The zero-order valence-corrected chi connectivity index (χ0v) is 15.0. The number of benzene rings is 1. The zero-order valence-electron chi connectivity index (χ0n) is 15.0.